The molecule has 0 aromatic heterocycles. The number of fused-ring (bicyclic) bond motifs is 2. The third-order valence-corrected chi connectivity index (χ3v) is 7.29. The molecule has 1 spiro atoms. The molecule has 1 saturated heterocycles. The number of nitrogens with zero attached hydrogens (tertiary/aromatic N) is 1. The minimum atomic E-state index is -1.01. The molecular formula is C25H31NO4. The van der Waals surface area contributed by atoms with Gasteiger partial charge in [0.1, 0.15) is 5.75 Å². The highest BCUT2D eigenvalue weighted by Crippen LogP contribution is 2.59. The van der Waals surface area contributed by atoms with E-state index >= 15 is 0 Å². The highest BCUT2D eigenvalue weighted by molar-refractivity contribution is 6.07. The van der Waals surface area contributed by atoms with E-state index in [1.807, 2.05) is 43.4 Å². The van der Waals surface area contributed by atoms with Gasteiger partial charge in [0.05, 0.1) is 18.9 Å². The largest absolute Gasteiger partial charge is 0.497 e. The normalized spacial score (nSPS) is 28.3. The summed E-state index contributed by atoms with van der Waals surface area (Å²) in [6.45, 7) is 6.56. The maximum absolute atomic E-state index is 13.6. The molecule has 2 aromatic rings. The van der Waals surface area contributed by atoms with Crippen LogP contribution < -0.4 is 9.64 Å². The van der Waals surface area contributed by atoms with Gasteiger partial charge in [0, 0.05) is 31.1 Å². The molecule has 0 aliphatic carbocycles. The Balaban J connectivity index is 1.81. The second-order valence-electron chi connectivity index (χ2n) is 9.05. The fraction of sp³-hybridized carbons (Fsp3) is 0.480. The molecule has 2 aromatic carbocycles. The maximum Gasteiger partial charge on any atom is 0.264 e. The Labute approximate surface area is 178 Å². The number of anilines is 1. The van der Waals surface area contributed by atoms with E-state index in [0.29, 0.717) is 6.42 Å². The molecule has 30 heavy (non-hydrogen) atoms. The van der Waals surface area contributed by atoms with E-state index in [1.54, 1.807) is 12.0 Å². The highest BCUT2D eigenvalue weighted by Gasteiger charge is 2.65. The van der Waals surface area contributed by atoms with Crippen LogP contribution in [0.4, 0.5) is 5.69 Å². The van der Waals surface area contributed by atoms with Crippen LogP contribution in [0, 0.1) is 11.8 Å². The number of para-hydroxylation sites is 1. The molecule has 1 N–H and O–H groups in total. The van der Waals surface area contributed by atoms with E-state index < -0.39 is 5.60 Å². The standard InChI is InChI=1S/C25H31NO4/c1-16-22(24(2,3)17-10-12-18(29-5)13-11-17)21(14-15-27)30-25(16)19-8-6-7-9-20(19)26(4)23(25)28/h6-13,16,21-22,27H,14-15H2,1-5H3/t16-,21+,22-,25+/m1/s1. The first-order chi connectivity index (χ1) is 14.3. The summed E-state index contributed by atoms with van der Waals surface area (Å²) in [4.78, 5) is 15.3. The van der Waals surface area contributed by atoms with E-state index in [4.69, 9.17) is 9.47 Å². The molecular weight excluding hydrogens is 378 g/mol. The third-order valence-electron chi connectivity index (χ3n) is 7.29. The van der Waals surface area contributed by atoms with Gasteiger partial charge >= 0.3 is 0 Å². The van der Waals surface area contributed by atoms with Crippen LogP contribution in [0.15, 0.2) is 48.5 Å². The minimum Gasteiger partial charge on any atom is -0.497 e. The van der Waals surface area contributed by atoms with Gasteiger partial charge in [-0.2, -0.15) is 0 Å². The summed E-state index contributed by atoms with van der Waals surface area (Å²) in [5, 5.41) is 9.79. The maximum atomic E-state index is 13.6. The molecule has 0 radical (unpaired) electrons. The van der Waals surface area contributed by atoms with Gasteiger partial charge in [-0.05, 0) is 35.6 Å². The zero-order chi connectivity index (χ0) is 21.7. The van der Waals surface area contributed by atoms with Gasteiger partial charge in [-0.1, -0.05) is 51.1 Å². The highest BCUT2D eigenvalue weighted by atomic mass is 16.5. The van der Waals surface area contributed by atoms with E-state index in [9.17, 15) is 9.90 Å². The first kappa shape index (κ1) is 20.9. The summed E-state index contributed by atoms with van der Waals surface area (Å²) in [7, 11) is 3.47. The van der Waals surface area contributed by atoms with Crippen molar-refractivity contribution in [2.75, 3.05) is 25.7 Å². The zero-order valence-corrected chi connectivity index (χ0v) is 18.4. The van der Waals surface area contributed by atoms with Crippen LogP contribution in [0.3, 0.4) is 0 Å². The van der Waals surface area contributed by atoms with Crippen LogP contribution in [-0.2, 0) is 20.5 Å². The first-order valence-electron chi connectivity index (χ1n) is 10.6. The second kappa shape index (κ2) is 7.40. The molecule has 160 valence electrons. The van der Waals surface area contributed by atoms with Gasteiger partial charge in [0.25, 0.3) is 5.91 Å². The molecule has 1 fully saturated rings. The Morgan fingerprint density at radius 2 is 1.83 bits per heavy atom. The number of benzene rings is 2. The number of likely N-dealkylation sites (N-methyl/N-ethyl adjacent to an activating group) is 1. The predicted octanol–water partition coefficient (Wildman–Crippen LogP) is 3.88. The van der Waals surface area contributed by atoms with Crippen molar-refractivity contribution < 1.29 is 19.4 Å². The van der Waals surface area contributed by atoms with Crippen molar-refractivity contribution in [3.63, 3.8) is 0 Å². The van der Waals surface area contributed by atoms with Crippen molar-refractivity contribution in [1.82, 2.24) is 0 Å². The number of aliphatic hydroxyl groups is 1. The average molecular weight is 410 g/mol. The lowest BCUT2D eigenvalue weighted by atomic mass is 9.63. The summed E-state index contributed by atoms with van der Waals surface area (Å²) in [5.74, 6) is 0.772. The molecule has 0 unspecified atom stereocenters. The van der Waals surface area contributed by atoms with Gasteiger partial charge in [-0.25, -0.2) is 0 Å². The van der Waals surface area contributed by atoms with E-state index in [2.05, 4.69) is 32.9 Å². The topological polar surface area (TPSA) is 59.0 Å². The molecule has 4 atom stereocenters. The van der Waals surface area contributed by atoms with Gasteiger partial charge < -0.3 is 19.5 Å². The third kappa shape index (κ3) is 2.79. The van der Waals surface area contributed by atoms with Gasteiger partial charge in [-0.15, -0.1) is 0 Å². The Hall–Kier alpha value is -2.37. The monoisotopic (exact) mass is 409 g/mol. The fourth-order valence-electron chi connectivity index (χ4n) is 5.77. The van der Waals surface area contributed by atoms with Crippen LogP contribution in [0.25, 0.3) is 0 Å². The number of amides is 1. The fourth-order valence-corrected chi connectivity index (χ4v) is 5.77. The quantitative estimate of drug-likeness (QED) is 0.814. The lowest BCUT2D eigenvalue weighted by molar-refractivity contribution is -0.146. The van der Waals surface area contributed by atoms with Gasteiger partial charge in [-0.3, -0.25) is 4.79 Å². The Bertz CT molecular complexity index is 938. The number of carbonyl (C=O) groups is 1. The van der Waals surface area contributed by atoms with Crippen LogP contribution in [-0.4, -0.2) is 37.9 Å². The number of hydrogen-bond donors (Lipinski definition) is 1. The van der Waals surface area contributed by atoms with E-state index in [0.717, 1.165) is 22.6 Å². The van der Waals surface area contributed by atoms with Crippen molar-refractivity contribution in [3.8, 4) is 5.75 Å². The van der Waals surface area contributed by atoms with Crippen molar-refractivity contribution in [1.29, 1.82) is 0 Å². The number of ether oxygens (including phenoxy) is 2. The van der Waals surface area contributed by atoms with Crippen molar-refractivity contribution >= 4 is 11.6 Å². The lowest BCUT2D eigenvalue weighted by Crippen LogP contribution is -2.45. The summed E-state index contributed by atoms with van der Waals surface area (Å²) in [5.41, 5.74) is 1.71. The van der Waals surface area contributed by atoms with Gasteiger partial charge in [0.2, 0.25) is 0 Å². The first-order valence-corrected chi connectivity index (χ1v) is 10.6. The molecule has 5 heteroatoms. The van der Waals surface area contributed by atoms with Crippen LogP contribution in [0.5, 0.6) is 5.75 Å². The Morgan fingerprint density at radius 3 is 2.47 bits per heavy atom. The second-order valence-corrected chi connectivity index (χ2v) is 9.05. The van der Waals surface area contributed by atoms with Crippen LogP contribution in [0.1, 0.15) is 38.3 Å². The Morgan fingerprint density at radius 1 is 1.17 bits per heavy atom. The predicted molar refractivity (Wildman–Crippen MR) is 117 cm³/mol. The molecule has 0 saturated carbocycles. The minimum absolute atomic E-state index is 0.0211. The number of aliphatic hydroxyl groups excluding tert-OH is 1. The molecule has 5 nitrogen and oxygen atoms in total. The summed E-state index contributed by atoms with van der Waals surface area (Å²) >= 11 is 0. The molecule has 4 rings (SSSR count). The smallest absolute Gasteiger partial charge is 0.264 e. The van der Waals surface area contributed by atoms with Crippen LogP contribution >= 0.6 is 0 Å². The van der Waals surface area contributed by atoms with E-state index in [-0.39, 0.29) is 35.9 Å². The lowest BCUT2D eigenvalue weighted by Gasteiger charge is -2.38. The molecule has 2 heterocycles. The zero-order valence-electron chi connectivity index (χ0n) is 18.4. The van der Waals surface area contributed by atoms with E-state index in [1.165, 1.54) is 0 Å². The number of carbonyl (C=O) groups excluding carboxylic acids is 1. The summed E-state index contributed by atoms with van der Waals surface area (Å²) in [6, 6.07) is 16.0. The van der Waals surface area contributed by atoms with Gasteiger partial charge in [0.15, 0.2) is 5.60 Å². The summed E-state index contributed by atoms with van der Waals surface area (Å²) < 4.78 is 12.0. The molecule has 2 aliphatic rings. The number of methoxy groups -OCH3 is 1. The SMILES string of the molecule is COc1ccc(C(C)(C)[C@H]2[C@H](CCO)O[C@@]3(C(=O)N(C)c4ccccc43)[C@@H]2C)cc1. The van der Waals surface area contributed by atoms with Crippen molar-refractivity contribution in [2.45, 2.75) is 44.3 Å². The Kier molecular flexibility index (Phi) is 5.15. The molecule has 1 amide bonds. The molecule has 0 bridgehead atoms. The number of rotatable bonds is 5. The van der Waals surface area contributed by atoms with Crippen molar-refractivity contribution in [3.05, 3.63) is 59.7 Å². The summed E-state index contributed by atoms with van der Waals surface area (Å²) in [6.07, 6.45) is 0.265. The average Bonchev–Trinajstić information content (AvgIpc) is 3.16. The van der Waals surface area contributed by atoms with Crippen molar-refractivity contribution in [2.24, 2.45) is 11.8 Å². The number of hydrogen-bond acceptors (Lipinski definition) is 4. The van der Waals surface area contributed by atoms with Crippen LogP contribution in [0.2, 0.25) is 0 Å². The molecule has 2 aliphatic heterocycles.